The minimum Gasteiger partial charge on any atom is -0.385 e. The van der Waals surface area contributed by atoms with E-state index < -0.39 is 0 Å². The molecular weight excluding hydrogens is 316 g/mol. The first-order chi connectivity index (χ1) is 11.3. The number of benzene rings is 2. The van der Waals surface area contributed by atoms with E-state index in [2.05, 4.69) is 59.6 Å². The zero-order valence-electron chi connectivity index (χ0n) is 14.4. The summed E-state index contributed by atoms with van der Waals surface area (Å²) < 4.78 is 0. The lowest BCUT2D eigenvalue weighted by Gasteiger charge is -2.35. The summed E-state index contributed by atoms with van der Waals surface area (Å²) in [5, 5.41) is 3.56. The van der Waals surface area contributed by atoms with Gasteiger partial charge in [0.1, 0.15) is 0 Å². The van der Waals surface area contributed by atoms with Crippen molar-refractivity contribution in [2.75, 3.05) is 25.0 Å². The molecule has 3 heteroatoms. The van der Waals surface area contributed by atoms with E-state index >= 15 is 0 Å². The van der Waals surface area contributed by atoms with E-state index in [9.17, 15) is 0 Å². The van der Waals surface area contributed by atoms with Crippen LogP contribution in [0.5, 0.6) is 0 Å². The van der Waals surface area contributed by atoms with E-state index in [0.29, 0.717) is 6.04 Å². The predicted molar refractivity (Wildman–Crippen MR) is 104 cm³/mol. The average molecular weight is 343 g/mol. The van der Waals surface area contributed by atoms with Crippen LogP contribution in [-0.4, -0.2) is 24.5 Å². The lowest BCUT2D eigenvalue weighted by atomic mass is 9.93. The molecule has 0 radical (unpaired) electrons. The molecule has 128 valence electrons. The van der Waals surface area contributed by atoms with E-state index in [0.717, 1.165) is 6.54 Å². The number of halogens is 1. The molecule has 0 aromatic heterocycles. The number of aryl methyl sites for hydroxylation is 2. The maximum atomic E-state index is 3.56. The van der Waals surface area contributed by atoms with Crippen LogP contribution in [0.3, 0.4) is 0 Å². The van der Waals surface area contributed by atoms with Crippen molar-refractivity contribution in [1.82, 2.24) is 4.90 Å². The Bertz CT molecular complexity index is 698. The Kier molecular flexibility index (Phi) is 5.47. The van der Waals surface area contributed by atoms with Gasteiger partial charge in [-0.15, -0.1) is 12.4 Å². The molecule has 0 fully saturated rings. The molecule has 4 rings (SSSR count). The van der Waals surface area contributed by atoms with Crippen molar-refractivity contribution in [1.29, 1.82) is 0 Å². The van der Waals surface area contributed by atoms with Crippen molar-refractivity contribution in [3.8, 4) is 0 Å². The first-order valence-electron chi connectivity index (χ1n) is 8.96. The summed E-state index contributed by atoms with van der Waals surface area (Å²) in [6.45, 7) is 5.64. The standard InChI is InChI=1S/C21H26N2.ClH/c1-16-5-2-8-19(15-16)22-12-4-13-23-14-11-18-7-3-6-17-9-10-20(23)21(17)18;/h2-3,5-8,15,20,22H,4,9-14H2,1H3;1H. The normalized spacial score (nSPS) is 18.8. The van der Waals surface area contributed by atoms with Gasteiger partial charge in [0.25, 0.3) is 0 Å². The Morgan fingerprint density at radius 2 is 1.88 bits per heavy atom. The molecule has 2 aliphatic rings. The highest BCUT2D eigenvalue weighted by Crippen LogP contribution is 2.41. The zero-order chi connectivity index (χ0) is 15.6. The van der Waals surface area contributed by atoms with Crippen LogP contribution in [0.2, 0.25) is 0 Å². The third-order valence-electron chi connectivity index (χ3n) is 5.39. The first-order valence-corrected chi connectivity index (χ1v) is 8.96. The summed E-state index contributed by atoms with van der Waals surface area (Å²) >= 11 is 0. The number of hydrogen-bond donors (Lipinski definition) is 1. The van der Waals surface area contributed by atoms with Gasteiger partial charge in [0, 0.05) is 31.4 Å². The number of anilines is 1. The molecule has 1 heterocycles. The topological polar surface area (TPSA) is 15.3 Å². The summed E-state index contributed by atoms with van der Waals surface area (Å²) in [6, 6.07) is 16.3. The Labute approximate surface area is 151 Å². The number of rotatable bonds is 5. The molecule has 0 spiro atoms. The molecule has 0 saturated heterocycles. The SMILES string of the molecule is Cc1cccc(NCCCN2CCc3cccc4c3C2CC4)c1.Cl. The van der Waals surface area contributed by atoms with Crippen molar-refractivity contribution < 1.29 is 0 Å². The van der Waals surface area contributed by atoms with Crippen LogP contribution in [0.4, 0.5) is 5.69 Å². The van der Waals surface area contributed by atoms with Gasteiger partial charge in [-0.3, -0.25) is 4.90 Å². The summed E-state index contributed by atoms with van der Waals surface area (Å²) in [5.41, 5.74) is 7.46. The van der Waals surface area contributed by atoms with Gasteiger partial charge in [-0.05, 0) is 67.0 Å². The van der Waals surface area contributed by atoms with Crippen molar-refractivity contribution in [2.24, 2.45) is 0 Å². The van der Waals surface area contributed by atoms with Gasteiger partial charge in [0.2, 0.25) is 0 Å². The van der Waals surface area contributed by atoms with Crippen molar-refractivity contribution in [3.05, 3.63) is 64.7 Å². The quantitative estimate of drug-likeness (QED) is 0.788. The van der Waals surface area contributed by atoms with Crippen LogP contribution in [-0.2, 0) is 12.8 Å². The van der Waals surface area contributed by atoms with Crippen LogP contribution < -0.4 is 5.32 Å². The summed E-state index contributed by atoms with van der Waals surface area (Å²) in [4.78, 5) is 2.72. The second-order valence-electron chi connectivity index (χ2n) is 6.98. The molecule has 2 aromatic carbocycles. The summed E-state index contributed by atoms with van der Waals surface area (Å²) in [6.07, 6.45) is 5.02. The van der Waals surface area contributed by atoms with Crippen LogP contribution >= 0.6 is 12.4 Å². The van der Waals surface area contributed by atoms with E-state index in [4.69, 9.17) is 0 Å². The molecule has 1 aliphatic heterocycles. The third-order valence-corrected chi connectivity index (χ3v) is 5.39. The van der Waals surface area contributed by atoms with Gasteiger partial charge in [0.15, 0.2) is 0 Å². The van der Waals surface area contributed by atoms with Crippen LogP contribution in [0.1, 0.15) is 41.1 Å². The molecule has 24 heavy (non-hydrogen) atoms. The first kappa shape index (κ1) is 17.3. The molecule has 0 amide bonds. The lowest BCUT2D eigenvalue weighted by Crippen LogP contribution is -2.35. The molecule has 1 aliphatic carbocycles. The highest BCUT2D eigenvalue weighted by molar-refractivity contribution is 5.85. The molecule has 2 nitrogen and oxygen atoms in total. The van der Waals surface area contributed by atoms with Crippen LogP contribution in [0.25, 0.3) is 0 Å². The number of nitrogens with zero attached hydrogens (tertiary/aromatic N) is 1. The van der Waals surface area contributed by atoms with Gasteiger partial charge in [-0.25, -0.2) is 0 Å². The van der Waals surface area contributed by atoms with Crippen molar-refractivity contribution in [2.45, 2.75) is 38.6 Å². The lowest BCUT2D eigenvalue weighted by molar-refractivity contribution is 0.185. The Morgan fingerprint density at radius 3 is 2.71 bits per heavy atom. The monoisotopic (exact) mass is 342 g/mol. The summed E-state index contributed by atoms with van der Waals surface area (Å²) in [7, 11) is 0. The van der Waals surface area contributed by atoms with Gasteiger partial charge >= 0.3 is 0 Å². The van der Waals surface area contributed by atoms with Gasteiger partial charge in [-0.2, -0.15) is 0 Å². The van der Waals surface area contributed by atoms with Crippen LogP contribution in [0.15, 0.2) is 42.5 Å². The summed E-state index contributed by atoms with van der Waals surface area (Å²) in [5.74, 6) is 0. The fourth-order valence-electron chi connectivity index (χ4n) is 4.29. The van der Waals surface area contributed by atoms with Crippen LogP contribution in [0, 0.1) is 6.92 Å². The van der Waals surface area contributed by atoms with Crippen molar-refractivity contribution >= 4 is 18.1 Å². The molecule has 1 atom stereocenters. The molecule has 0 bridgehead atoms. The van der Waals surface area contributed by atoms with Gasteiger partial charge in [-0.1, -0.05) is 30.3 Å². The zero-order valence-corrected chi connectivity index (χ0v) is 15.2. The highest BCUT2D eigenvalue weighted by atomic mass is 35.5. The second-order valence-corrected chi connectivity index (χ2v) is 6.98. The molecule has 2 aromatic rings. The Balaban J connectivity index is 0.00000169. The smallest absolute Gasteiger partial charge is 0.0356 e. The minimum atomic E-state index is 0. The number of nitrogens with one attached hydrogen (secondary N) is 1. The maximum absolute atomic E-state index is 3.56. The molecular formula is C21H27ClN2. The molecule has 1 N–H and O–H groups in total. The number of hydrogen-bond acceptors (Lipinski definition) is 2. The molecule has 0 saturated carbocycles. The fraction of sp³-hybridized carbons (Fsp3) is 0.429. The fourth-order valence-corrected chi connectivity index (χ4v) is 4.29. The third kappa shape index (κ3) is 3.45. The van der Waals surface area contributed by atoms with Gasteiger partial charge < -0.3 is 5.32 Å². The Hall–Kier alpha value is -1.51. The average Bonchev–Trinajstić information content (AvgIpc) is 3.00. The van der Waals surface area contributed by atoms with Crippen molar-refractivity contribution in [3.63, 3.8) is 0 Å². The largest absolute Gasteiger partial charge is 0.385 e. The maximum Gasteiger partial charge on any atom is 0.0356 e. The van der Waals surface area contributed by atoms with Gasteiger partial charge in [0.05, 0.1) is 0 Å². The Morgan fingerprint density at radius 1 is 1.08 bits per heavy atom. The van der Waals surface area contributed by atoms with E-state index in [1.54, 1.807) is 16.7 Å². The van der Waals surface area contributed by atoms with E-state index in [1.807, 2.05) is 0 Å². The van der Waals surface area contributed by atoms with E-state index in [1.165, 1.54) is 50.0 Å². The highest BCUT2D eigenvalue weighted by Gasteiger charge is 2.32. The minimum absolute atomic E-state index is 0. The van der Waals surface area contributed by atoms with E-state index in [-0.39, 0.29) is 12.4 Å². The second kappa shape index (κ2) is 7.58. The molecule has 1 unspecified atom stereocenters. The predicted octanol–water partition coefficient (Wildman–Crippen LogP) is 4.76.